The van der Waals surface area contributed by atoms with E-state index in [2.05, 4.69) is 0 Å². The third-order valence-electron chi connectivity index (χ3n) is 2.26. The molecule has 0 fully saturated rings. The van der Waals surface area contributed by atoms with Crippen molar-refractivity contribution in [2.75, 3.05) is 6.51 Å². The average Bonchev–Trinajstić information content (AvgIpc) is 2.27. The molecule has 0 aliphatic heterocycles. The molecule has 0 heterocycles. The van der Waals surface area contributed by atoms with Gasteiger partial charge in [-0.2, -0.15) is 0 Å². The van der Waals surface area contributed by atoms with E-state index in [4.69, 9.17) is 16.3 Å². The quantitative estimate of drug-likeness (QED) is 0.748. The molecule has 0 amide bonds. The molecule has 2 aromatic rings. The van der Waals surface area contributed by atoms with Crippen molar-refractivity contribution in [3.05, 3.63) is 41.4 Å². The minimum absolute atomic E-state index is 0.198. The third kappa shape index (κ3) is 2.85. The summed E-state index contributed by atoms with van der Waals surface area (Å²) < 4.78 is 41.2. The summed E-state index contributed by atoms with van der Waals surface area (Å²) in [5.74, 6) is 0.198. The minimum Gasteiger partial charge on any atom is -0.521 e. The van der Waals surface area contributed by atoms with Gasteiger partial charge >= 0.3 is 6.98 Å². The summed E-state index contributed by atoms with van der Waals surface area (Å²) >= 11 is 5.95. The third-order valence-corrected chi connectivity index (χ3v) is 2.59. The maximum atomic E-state index is 12.1. The molecule has 0 atom stereocenters. The zero-order valence-corrected chi connectivity index (χ0v) is 9.42. The van der Waals surface area contributed by atoms with Gasteiger partial charge in [0.25, 0.3) is 0 Å². The standard InChI is InChI=1S/C11H8BClF3O/c13-10-5-6-11(17-7-12(14,15)16)9-4-2-1-3-8(9)10/h1-6H,7H2/q-1. The largest absolute Gasteiger partial charge is 0.521 e. The van der Waals surface area contributed by atoms with Gasteiger partial charge in [-0.15, -0.1) is 0 Å². The Hall–Kier alpha value is -1.36. The number of halogens is 4. The van der Waals surface area contributed by atoms with Crippen molar-refractivity contribution in [1.29, 1.82) is 0 Å². The second-order valence-corrected chi connectivity index (χ2v) is 4.02. The van der Waals surface area contributed by atoms with Crippen LogP contribution < -0.4 is 4.74 Å². The van der Waals surface area contributed by atoms with Crippen LogP contribution in [0, 0.1) is 0 Å². The Balaban J connectivity index is 2.38. The van der Waals surface area contributed by atoms with Crippen LogP contribution in [-0.4, -0.2) is 13.5 Å². The lowest BCUT2D eigenvalue weighted by Crippen LogP contribution is -2.26. The van der Waals surface area contributed by atoms with Crippen LogP contribution in [-0.2, 0) is 0 Å². The van der Waals surface area contributed by atoms with Gasteiger partial charge < -0.3 is 17.7 Å². The van der Waals surface area contributed by atoms with Crippen molar-refractivity contribution in [2.24, 2.45) is 0 Å². The first-order valence-electron chi connectivity index (χ1n) is 4.98. The maximum absolute atomic E-state index is 12.1. The Morgan fingerprint density at radius 1 is 1.00 bits per heavy atom. The predicted octanol–water partition coefficient (Wildman–Crippen LogP) is 4.26. The summed E-state index contributed by atoms with van der Waals surface area (Å²) in [6.07, 6.45) is 0. The highest BCUT2D eigenvalue weighted by Gasteiger charge is 2.24. The minimum atomic E-state index is -4.95. The summed E-state index contributed by atoms with van der Waals surface area (Å²) in [5.41, 5.74) is 0. The molecule has 0 aliphatic rings. The lowest BCUT2D eigenvalue weighted by atomic mass is 9.95. The van der Waals surface area contributed by atoms with Gasteiger partial charge in [0.05, 0.1) is 6.51 Å². The lowest BCUT2D eigenvalue weighted by molar-refractivity contribution is 0.316. The van der Waals surface area contributed by atoms with Crippen molar-refractivity contribution in [3.8, 4) is 5.75 Å². The molecule has 0 radical (unpaired) electrons. The first-order chi connectivity index (χ1) is 7.97. The summed E-state index contributed by atoms with van der Waals surface area (Å²) in [4.78, 5) is 0. The topological polar surface area (TPSA) is 9.23 Å². The second kappa shape index (κ2) is 4.49. The summed E-state index contributed by atoms with van der Waals surface area (Å²) in [6.45, 7) is -6.20. The zero-order chi connectivity index (χ0) is 12.5. The van der Waals surface area contributed by atoms with Crippen molar-refractivity contribution < 1.29 is 17.7 Å². The van der Waals surface area contributed by atoms with E-state index < -0.39 is 13.5 Å². The molecule has 2 rings (SSSR count). The van der Waals surface area contributed by atoms with E-state index in [1.807, 2.05) is 0 Å². The van der Waals surface area contributed by atoms with Crippen LogP contribution in [0.3, 0.4) is 0 Å². The van der Waals surface area contributed by atoms with Crippen LogP contribution in [0.15, 0.2) is 36.4 Å². The van der Waals surface area contributed by atoms with Gasteiger partial charge in [-0.25, -0.2) is 0 Å². The number of hydrogen-bond acceptors (Lipinski definition) is 1. The maximum Gasteiger partial charge on any atom is 0.515 e. The molecule has 0 aromatic heterocycles. The van der Waals surface area contributed by atoms with Crippen LogP contribution in [0.25, 0.3) is 10.8 Å². The molecular weight excluding hydrogens is 251 g/mol. The molecular formula is C11H8BClF3O-. The fourth-order valence-corrected chi connectivity index (χ4v) is 1.77. The Morgan fingerprint density at radius 2 is 1.65 bits per heavy atom. The van der Waals surface area contributed by atoms with E-state index in [0.29, 0.717) is 15.8 Å². The molecule has 1 nitrogen and oxygen atoms in total. The first-order valence-corrected chi connectivity index (χ1v) is 5.36. The molecule has 0 N–H and O–H groups in total. The summed E-state index contributed by atoms with van der Waals surface area (Å²) in [6, 6.07) is 9.90. The van der Waals surface area contributed by atoms with E-state index >= 15 is 0 Å². The second-order valence-electron chi connectivity index (χ2n) is 3.61. The van der Waals surface area contributed by atoms with Crippen LogP contribution in [0.4, 0.5) is 12.9 Å². The molecule has 2 aromatic carbocycles. The summed E-state index contributed by atoms with van der Waals surface area (Å²) in [7, 11) is 0. The van der Waals surface area contributed by atoms with Gasteiger partial charge in [0.1, 0.15) is 5.75 Å². The number of ether oxygens (including phenoxy) is 1. The number of rotatable bonds is 3. The molecule has 0 bridgehead atoms. The highest BCUT2D eigenvalue weighted by molar-refractivity contribution is 6.58. The van der Waals surface area contributed by atoms with Gasteiger partial charge in [-0.05, 0) is 12.1 Å². The number of benzene rings is 2. The van der Waals surface area contributed by atoms with E-state index in [0.717, 1.165) is 0 Å². The van der Waals surface area contributed by atoms with Gasteiger partial charge in [-0.3, -0.25) is 0 Å². The molecule has 0 saturated carbocycles. The molecule has 17 heavy (non-hydrogen) atoms. The Kier molecular flexibility index (Phi) is 3.20. The van der Waals surface area contributed by atoms with E-state index in [1.165, 1.54) is 12.1 Å². The van der Waals surface area contributed by atoms with E-state index in [-0.39, 0.29) is 5.75 Å². The fraction of sp³-hybridized carbons (Fsp3) is 0.0909. The normalized spacial score (nSPS) is 11.8. The first kappa shape index (κ1) is 12.1. The predicted molar refractivity (Wildman–Crippen MR) is 63.5 cm³/mol. The average molecular weight is 259 g/mol. The van der Waals surface area contributed by atoms with Crippen LogP contribution >= 0.6 is 11.6 Å². The van der Waals surface area contributed by atoms with Crippen molar-refractivity contribution in [3.63, 3.8) is 0 Å². The highest BCUT2D eigenvalue weighted by Crippen LogP contribution is 2.31. The Labute approximate surface area is 101 Å². The van der Waals surface area contributed by atoms with Crippen molar-refractivity contribution in [1.82, 2.24) is 0 Å². The van der Waals surface area contributed by atoms with Crippen molar-refractivity contribution >= 4 is 29.4 Å². The SMILES string of the molecule is F[B-](F)(F)COc1ccc(Cl)c2ccccc12. The Bertz CT molecular complexity index is 542. The molecule has 6 heteroatoms. The van der Waals surface area contributed by atoms with Crippen LogP contribution in [0.1, 0.15) is 0 Å². The lowest BCUT2D eigenvalue weighted by Gasteiger charge is -2.16. The molecule has 90 valence electrons. The van der Waals surface area contributed by atoms with E-state index in [9.17, 15) is 12.9 Å². The molecule has 0 unspecified atom stereocenters. The van der Waals surface area contributed by atoms with Gasteiger partial charge in [0.15, 0.2) is 0 Å². The van der Waals surface area contributed by atoms with Gasteiger partial charge in [0.2, 0.25) is 0 Å². The highest BCUT2D eigenvalue weighted by atomic mass is 35.5. The summed E-state index contributed by atoms with van der Waals surface area (Å²) in [5, 5.41) is 1.76. The number of hydrogen-bond donors (Lipinski definition) is 0. The molecule has 0 spiro atoms. The Morgan fingerprint density at radius 3 is 2.29 bits per heavy atom. The van der Waals surface area contributed by atoms with Crippen LogP contribution in [0.5, 0.6) is 5.75 Å². The van der Waals surface area contributed by atoms with E-state index in [1.54, 1.807) is 24.3 Å². The van der Waals surface area contributed by atoms with Crippen LogP contribution in [0.2, 0.25) is 5.02 Å². The van der Waals surface area contributed by atoms with Gasteiger partial charge in [-0.1, -0.05) is 35.9 Å². The monoisotopic (exact) mass is 259 g/mol. The van der Waals surface area contributed by atoms with Crippen molar-refractivity contribution in [2.45, 2.75) is 0 Å². The fourth-order valence-electron chi connectivity index (χ4n) is 1.54. The zero-order valence-electron chi connectivity index (χ0n) is 8.67. The smallest absolute Gasteiger partial charge is 0.515 e. The number of fused-ring (bicyclic) bond motifs is 1. The molecule has 0 aliphatic carbocycles. The molecule has 0 saturated heterocycles. The van der Waals surface area contributed by atoms with Gasteiger partial charge in [0, 0.05) is 15.8 Å².